The van der Waals surface area contributed by atoms with Gasteiger partial charge < -0.3 is 15.3 Å². The molecule has 1 aromatic carbocycles. The zero-order valence-electron chi connectivity index (χ0n) is 24.2. The number of likely N-dealkylation sites (tertiary alicyclic amines) is 1. The van der Waals surface area contributed by atoms with Gasteiger partial charge in [0.05, 0.1) is 24.5 Å². The highest BCUT2D eigenvalue weighted by molar-refractivity contribution is 6.06. The van der Waals surface area contributed by atoms with Gasteiger partial charge in [0.25, 0.3) is 0 Å². The third-order valence-corrected chi connectivity index (χ3v) is 9.33. The number of hydrogen-bond acceptors (Lipinski definition) is 5. The molecule has 6 nitrogen and oxygen atoms in total. The minimum absolute atomic E-state index is 0.0175. The van der Waals surface area contributed by atoms with Crippen LogP contribution in [0.15, 0.2) is 28.9 Å². The molecule has 3 N–H and O–H groups in total. The smallest absolute Gasteiger partial charge is 0.234 e. The number of phenolic OH excluding ortho intramolecular Hbond substituents is 1. The summed E-state index contributed by atoms with van der Waals surface area (Å²) in [5.41, 5.74) is 5.77. The maximum Gasteiger partial charge on any atom is 0.234 e. The molecule has 0 bridgehead atoms. The molecule has 2 aliphatic carbocycles. The van der Waals surface area contributed by atoms with Gasteiger partial charge in [-0.05, 0) is 93.2 Å². The maximum absolute atomic E-state index is 13.7. The number of aliphatic hydroxyl groups excluding tert-OH is 2. The minimum Gasteiger partial charge on any atom is -0.507 e. The number of allylic oxidation sites excluding steroid dienone is 2. The fraction of sp³-hybridized carbons (Fsp3) is 0.636. The number of aromatic hydroxyl groups is 1. The Morgan fingerprint density at radius 3 is 2.31 bits per heavy atom. The van der Waals surface area contributed by atoms with E-state index in [2.05, 4.69) is 13.0 Å². The number of benzene rings is 1. The van der Waals surface area contributed by atoms with Crippen LogP contribution in [0.3, 0.4) is 0 Å². The summed E-state index contributed by atoms with van der Waals surface area (Å²) < 4.78 is 0. The van der Waals surface area contributed by atoms with Gasteiger partial charge in [0.2, 0.25) is 11.8 Å². The molecule has 4 rings (SSSR count). The molecule has 6 heteroatoms. The number of amides is 2. The standard InChI is InChI=1S/C33H47NO5/c1-5-10-22(17-23-15-20(3)31(37)21(4)16-23)13-14-28(36)29-24(6-2)18-26-30(27(29)19-35)33(39)34(32(26)38)25-11-8-7-9-12-25/h15-17,25-28,30,35-37H,5-14,18-19H2,1-4H3/b22-17+/t26-,27+,28-,30-/m1/s1. The molecule has 3 aliphatic rings. The summed E-state index contributed by atoms with van der Waals surface area (Å²) in [4.78, 5) is 28.7. The number of aryl methyl sites for hydroxylation is 2. The van der Waals surface area contributed by atoms with Crippen LogP contribution in [0.2, 0.25) is 0 Å². The van der Waals surface area contributed by atoms with Crippen LogP contribution in [0, 0.1) is 31.6 Å². The second-order valence-electron chi connectivity index (χ2n) is 12.0. The zero-order valence-corrected chi connectivity index (χ0v) is 24.2. The Morgan fingerprint density at radius 1 is 1.05 bits per heavy atom. The number of hydrogen-bond donors (Lipinski definition) is 3. The van der Waals surface area contributed by atoms with Crippen LogP contribution in [0.5, 0.6) is 5.75 Å². The Labute approximate surface area is 233 Å². The van der Waals surface area contributed by atoms with Gasteiger partial charge in [-0.1, -0.05) is 56.8 Å². The highest BCUT2D eigenvalue weighted by Crippen LogP contribution is 2.48. The summed E-state index contributed by atoms with van der Waals surface area (Å²) in [6.07, 6.45) is 10.7. The second-order valence-corrected chi connectivity index (χ2v) is 12.0. The van der Waals surface area contributed by atoms with E-state index in [0.717, 1.165) is 72.8 Å². The fourth-order valence-electron chi connectivity index (χ4n) is 7.40. The van der Waals surface area contributed by atoms with Crippen molar-refractivity contribution in [3.8, 4) is 5.75 Å². The van der Waals surface area contributed by atoms with E-state index in [1.807, 2.05) is 32.9 Å². The lowest BCUT2D eigenvalue weighted by Gasteiger charge is -2.36. The first-order valence-electron chi connectivity index (χ1n) is 15.1. The van der Waals surface area contributed by atoms with E-state index in [9.17, 15) is 24.9 Å². The van der Waals surface area contributed by atoms with Crippen molar-refractivity contribution in [3.05, 3.63) is 45.5 Å². The molecule has 4 atom stereocenters. The Bertz CT molecular complexity index is 1110. The second kappa shape index (κ2) is 12.8. The first kappa shape index (κ1) is 29.5. The normalized spacial score (nSPS) is 25.4. The molecular formula is C33H47NO5. The third kappa shape index (κ3) is 6.02. The number of aliphatic hydroxyl groups is 2. The van der Waals surface area contributed by atoms with Crippen molar-refractivity contribution in [2.45, 2.75) is 110 Å². The van der Waals surface area contributed by atoms with Gasteiger partial charge in [-0.3, -0.25) is 14.5 Å². The van der Waals surface area contributed by atoms with Crippen LogP contribution < -0.4 is 0 Å². The highest BCUT2D eigenvalue weighted by Gasteiger charge is 2.56. The number of phenols is 1. The lowest BCUT2D eigenvalue weighted by atomic mass is 9.67. The molecule has 0 unspecified atom stereocenters. The van der Waals surface area contributed by atoms with Crippen molar-refractivity contribution in [1.82, 2.24) is 4.90 Å². The van der Waals surface area contributed by atoms with Crippen molar-refractivity contribution in [2.24, 2.45) is 17.8 Å². The lowest BCUT2D eigenvalue weighted by Crippen LogP contribution is -2.42. The van der Waals surface area contributed by atoms with Crippen molar-refractivity contribution in [2.75, 3.05) is 6.61 Å². The third-order valence-electron chi connectivity index (χ3n) is 9.33. The number of rotatable bonds is 10. The van der Waals surface area contributed by atoms with Crippen LogP contribution in [-0.4, -0.2) is 50.8 Å². The zero-order chi connectivity index (χ0) is 28.3. The summed E-state index contributed by atoms with van der Waals surface area (Å²) in [6.45, 7) is 7.74. The molecule has 1 aromatic rings. The van der Waals surface area contributed by atoms with Crippen molar-refractivity contribution >= 4 is 17.9 Å². The molecule has 0 radical (unpaired) electrons. The van der Waals surface area contributed by atoms with E-state index >= 15 is 0 Å². The summed E-state index contributed by atoms with van der Waals surface area (Å²) >= 11 is 0. The average molecular weight is 538 g/mol. The van der Waals surface area contributed by atoms with E-state index in [-0.39, 0.29) is 24.5 Å². The molecule has 0 aromatic heterocycles. The molecule has 1 heterocycles. The SMILES string of the molecule is CCC/C(=C\c1cc(C)c(O)c(C)c1)CC[C@@H](O)C1=C(CC)C[C@H]2C(=O)N(C3CCCCC3)C(=O)[C@H]2[C@H]1CO. The number of fused-ring (bicyclic) bond motifs is 1. The molecule has 39 heavy (non-hydrogen) atoms. The topological polar surface area (TPSA) is 98.1 Å². The monoisotopic (exact) mass is 537 g/mol. The number of carbonyl (C=O) groups is 2. The molecule has 1 saturated carbocycles. The fourth-order valence-corrected chi connectivity index (χ4v) is 7.40. The van der Waals surface area contributed by atoms with Crippen LogP contribution in [0.4, 0.5) is 0 Å². The first-order valence-corrected chi connectivity index (χ1v) is 15.1. The van der Waals surface area contributed by atoms with Gasteiger partial charge >= 0.3 is 0 Å². The molecule has 2 fully saturated rings. The molecule has 2 amide bonds. The maximum atomic E-state index is 13.7. The average Bonchev–Trinajstić information content (AvgIpc) is 3.18. The van der Waals surface area contributed by atoms with E-state index in [4.69, 9.17) is 0 Å². The lowest BCUT2D eigenvalue weighted by molar-refractivity contribution is -0.143. The van der Waals surface area contributed by atoms with Crippen molar-refractivity contribution in [3.63, 3.8) is 0 Å². The molecular weight excluding hydrogens is 490 g/mol. The summed E-state index contributed by atoms with van der Waals surface area (Å²) in [6, 6.07) is 3.95. The van der Waals surface area contributed by atoms with Crippen LogP contribution in [-0.2, 0) is 9.59 Å². The predicted molar refractivity (Wildman–Crippen MR) is 154 cm³/mol. The summed E-state index contributed by atoms with van der Waals surface area (Å²) in [5, 5.41) is 32.2. The van der Waals surface area contributed by atoms with E-state index in [1.165, 1.54) is 5.57 Å². The van der Waals surface area contributed by atoms with Crippen molar-refractivity contribution < 1.29 is 24.9 Å². The Hall–Kier alpha value is -2.44. The quantitative estimate of drug-likeness (QED) is 0.252. The number of carbonyl (C=O) groups excluding carboxylic acids is 2. The Balaban J connectivity index is 1.55. The van der Waals surface area contributed by atoms with Crippen LogP contribution >= 0.6 is 0 Å². The molecule has 0 spiro atoms. The summed E-state index contributed by atoms with van der Waals surface area (Å²) in [7, 11) is 0. The van der Waals surface area contributed by atoms with Gasteiger partial charge in [-0.15, -0.1) is 0 Å². The number of imide groups is 1. The van der Waals surface area contributed by atoms with Crippen LogP contribution in [0.1, 0.15) is 101 Å². The molecule has 1 saturated heterocycles. The Morgan fingerprint density at radius 2 is 1.72 bits per heavy atom. The van der Waals surface area contributed by atoms with Gasteiger partial charge in [0, 0.05) is 12.0 Å². The molecule has 1 aliphatic heterocycles. The number of nitrogens with zero attached hydrogens (tertiary/aromatic N) is 1. The minimum atomic E-state index is -0.770. The van der Waals surface area contributed by atoms with E-state index < -0.39 is 23.9 Å². The first-order chi connectivity index (χ1) is 18.7. The van der Waals surface area contributed by atoms with Crippen molar-refractivity contribution in [1.29, 1.82) is 0 Å². The van der Waals surface area contributed by atoms with Crippen LogP contribution in [0.25, 0.3) is 6.08 Å². The van der Waals surface area contributed by atoms with Gasteiger partial charge in [-0.25, -0.2) is 0 Å². The molecule has 214 valence electrons. The van der Waals surface area contributed by atoms with Gasteiger partial charge in [0.15, 0.2) is 0 Å². The van der Waals surface area contributed by atoms with Gasteiger partial charge in [0.1, 0.15) is 5.75 Å². The summed E-state index contributed by atoms with van der Waals surface area (Å²) in [5.74, 6) is -1.38. The predicted octanol–water partition coefficient (Wildman–Crippen LogP) is 5.99. The van der Waals surface area contributed by atoms with E-state index in [1.54, 1.807) is 4.90 Å². The largest absolute Gasteiger partial charge is 0.507 e. The van der Waals surface area contributed by atoms with E-state index in [0.29, 0.717) is 31.4 Å². The van der Waals surface area contributed by atoms with Gasteiger partial charge in [-0.2, -0.15) is 0 Å². The Kier molecular flexibility index (Phi) is 9.71. The highest BCUT2D eigenvalue weighted by atomic mass is 16.3.